The number of hydrogen-bond donors (Lipinski definition) is 0. The molecule has 184 valence electrons. The molecule has 0 saturated carbocycles. The number of rotatable bonds is 5. The Kier molecular flexibility index (Phi) is 5.87. The van der Waals surface area contributed by atoms with Crippen molar-refractivity contribution in [2.75, 3.05) is 9.62 Å². The highest BCUT2D eigenvalue weighted by Gasteiger charge is 2.43. The molecular formula is C34H25BN4. The summed E-state index contributed by atoms with van der Waals surface area (Å²) < 4.78 is 0. The number of benzene rings is 5. The Hall–Kier alpha value is -5.16. The van der Waals surface area contributed by atoms with E-state index in [2.05, 4.69) is 147 Å². The highest BCUT2D eigenvalue weighted by Crippen LogP contribution is 2.46. The van der Waals surface area contributed by atoms with Gasteiger partial charge >= 0.3 is 6.98 Å². The largest absolute Gasteiger partial charge is 0.420 e. The molecule has 0 bridgehead atoms. The molecule has 0 amide bonds. The molecular weight excluding hydrogens is 475 g/mol. The first-order valence-electron chi connectivity index (χ1n) is 13.1. The minimum absolute atomic E-state index is 0.110. The smallest absolute Gasteiger partial charge is 0.360 e. The molecule has 5 aromatic carbocycles. The van der Waals surface area contributed by atoms with Gasteiger partial charge in [-0.2, -0.15) is 0 Å². The average molecular weight is 500 g/mol. The molecule has 39 heavy (non-hydrogen) atoms. The van der Waals surface area contributed by atoms with Crippen LogP contribution in [0.25, 0.3) is 22.3 Å². The molecule has 5 heteroatoms. The van der Waals surface area contributed by atoms with E-state index in [9.17, 15) is 0 Å². The zero-order valence-electron chi connectivity index (χ0n) is 21.3. The zero-order valence-corrected chi connectivity index (χ0v) is 21.3. The molecule has 4 nitrogen and oxygen atoms in total. The summed E-state index contributed by atoms with van der Waals surface area (Å²) in [6.07, 6.45) is 5.35. The van der Waals surface area contributed by atoms with Crippen molar-refractivity contribution in [3.8, 4) is 22.3 Å². The third-order valence-electron chi connectivity index (χ3n) is 7.28. The molecule has 2 heterocycles. The van der Waals surface area contributed by atoms with E-state index < -0.39 is 0 Å². The Morgan fingerprint density at radius 2 is 0.846 bits per heavy atom. The number of fused-ring (bicyclic) bond motifs is 1. The monoisotopic (exact) mass is 500 g/mol. The van der Waals surface area contributed by atoms with Crippen molar-refractivity contribution in [2.45, 2.75) is 0 Å². The third-order valence-corrected chi connectivity index (χ3v) is 7.28. The molecule has 1 aliphatic heterocycles. The van der Waals surface area contributed by atoms with Gasteiger partial charge in [0.25, 0.3) is 0 Å². The van der Waals surface area contributed by atoms with Gasteiger partial charge in [-0.3, -0.25) is 0 Å². The van der Waals surface area contributed by atoms with E-state index >= 15 is 0 Å². The summed E-state index contributed by atoms with van der Waals surface area (Å²) in [5, 5.41) is 0. The molecule has 0 radical (unpaired) electrons. The van der Waals surface area contributed by atoms with Gasteiger partial charge in [-0.1, -0.05) is 109 Å². The summed E-state index contributed by atoms with van der Waals surface area (Å²) in [6, 6.07) is 47.3. The standard InChI is InChI=1S/C34H25BN4/c1-3-9-26(10-4-1)28-15-19-30(20-16-28)35-38(31-21-17-29(18-22-31)27-11-5-2-6-12-27)33-13-7-8-14-34(33)39(35)32-23-36-25-37-24-32/h1-25H. The van der Waals surface area contributed by atoms with Gasteiger partial charge in [0.2, 0.25) is 0 Å². The summed E-state index contributed by atoms with van der Waals surface area (Å²) in [4.78, 5) is 13.5. The Morgan fingerprint density at radius 3 is 1.38 bits per heavy atom. The van der Waals surface area contributed by atoms with Crippen LogP contribution in [0, 0.1) is 0 Å². The van der Waals surface area contributed by atoms with Crippen LogP contribution in [-0.4, -0.2) is 17.0 Å². The van der Waals surface area contributed by atoms with Crippen molar-refractivity contribution in [2.24, 2.45) is 0 Å². The van der Waals surface area contributed by atoms with Crippen molar-refractivity contribution >= 4 is 35.2 Å². The van der Waals surface area contributed by atoms with Crippen LogP contribution in [0.3, 0.4) is 0 Å². The molecule has 0 aliphatic carbocycles. The summed E-state index contributed by atoms with van der Waals surface area (Å²) in [5.41, 5.74) is 10.3. The van der Waals surface area contributed by atoms with Gasteiger partial charge in [0.15, 0.2) is 0 Å². The maximum Gasteiger partial charge on any atom is 0.420 e. The normalized spacial score (nSPS) is 12.5. The van der Waals surface area contributed by atoms with Crippen LogP contribution < -0.4 is 15.1 Å². The van der Waals surface area contributed by atoms with Crippen LogP contribution in [0.4, 0.5) is 22.7 Å². The molecule has 6 aromatic rings. The van der Waals surface area contributed by atoms with Crippen molar-refractivity contribution in [1.82, 2.24) is 9.97 Å². The summed E-state index contributed by atoms with van der Waals surface area (Å²) in [5.74, 6) is 0. The number of nitrogens with zero attached hydrogens (tertiary/aromatic N) is 4. The average Bonchev–Trinajstić information content (AvgIpc) is 3.38. The van der Waals surface area contributed by atoms with Crippen molar-refractivity contribution in [3.05, 3.63) is 152 Å². The molecule has 0 atom stereocenters. The van der Waals surface area contributed by atoms with Gasteiger partial charge < -0.3 is 9.62 Å². The molecule has 1 aliphatic rings. The zero-order chi connectivity index (χ0) is 26.0. The van der Waals surface area contributed by atoms with Crippen molar-refractivity contribution in [3.63, 3.8) is 0 Å². The maximum atomic E-state index is 4.36. The molecule has 1 aromatic heterocycles. The summed E-state index contributed by atoms with van der Waals surface area (Å²) in [6.45, 7) is -0.110. The van der Waals surface area contributed by atoms with Crippen LogP contribution in [0.1, 0.15) is 0 Å². The third kappa shape index (κ3) is 4.24. The molecule has 7 rings (SSSR count). The van der Waals surface area contributed by atoms with Crippen LogP contribution >= 0.6 is 0 Å². The molecule has 0 spiro atoms. The fraction of sp³-hybridized carbons (Fsp3) is 0. The minimum Gasteiger partial charge on any atom is -0.360 e. The second-order valence-electron chi connectivity index (χ2n) is 9.60. The van der Waals surface area contributed by atoms with E-state index in [1.165, 1.54) is 27.7 Å². The van der Waals surface area contributed by atoms with Crippen LogP contribution in [0.5, 0.6) is 0 Å². The first-order valence-corrected chi connectivity index (χ1v) is 13.1. The SMILES string of the molecule is c1ccc(-c2ccc(B3N(c4ccc(-c5ccccc5)cc4)c4ccccc4N3c3cncnc3)cc2)cc1. The van der Waals surface area contributed by atoms with Crippen molar-refractivity contribution < 1.29 is 0 Å². The van der Waals surface area contributed by atoms with Gasteiger partial charge in [0, 0.05) is 5.69 Å². The van der Waals surface area contributed by atoms with Gasteiger partial charge in [0.05, 0.1) is 29.5 Å². The fourth-order valence-electron chi connectivity index (χ4n) is 5.45. The van der Waals surface area contributed by atoms with Gasteiger partial charge in [0.1, 0.15) is 6.33 Å². The highest BCUT2D eigenvalue weighted by molar-refractivity contribution is 6.84. The van der Waals surface area contributed by atoms with Gasteiger partial charge in [-0.05, 0) is 52.0 Å². The summed E-state index contributed by atoms with van der Waals surface area (Å²) >= 11 is 0. The summed E-state index contributed by atoms with van der Waals surface area (Å²) in [7, 11) is 0. The van der Waals surface area contributed by atoms with E-state index in [0.29, 0.717) is 0 Å². The molecule has 0 unspecified atom stereocenters. The van der Waals surface area contributed by atoms with E-state index in [1.807, 2.05) is 18.5 Å². The predicted molar refractivity (Wildman–Crippen MR) is 162 cm³/mol. The lowest BCUT2D eigenvalue weighted by molar-refractivity contribution is 1.15. The number of hydrogen-bond acceptors (Lipinski definition) is 4. The van der Waals surface area contributed by atoms with Crippen LogP contribution in [-0.2, 0) is 0 Å². The Balaban J connectivity index is 1.36. The minimum atomic E-state index is -0.110. The lowest BCUT2D eigenvalue weighted by Crippen LogP contribution is -2.53. The second kappa shape index (κ2) is 9.95. The first kappa shape index (κ1) is 23.0. The Bertz CT molecular complexity index is 1690. The predicted octanol–water partition coefficient (Wildman–Crippen LogP) is 7.50. The second-order valence-corrected chi connectivity index (χ2v) is 9.60. The van der Waals surface area contributed by atoms with Crippen LogP contribution in [0.2, 0.25) is 0 Å². The van der Waals surface area contributed by atoms with Gasteiger partial charge in [-0.15, -0.1) is 0 Å². The maximum absolute atomic E-state index is 4.36. The Labute approximate surface area is 229 Å². The highest BCUT2D eigenvalue weighted by atomic mass is 15.3. The molecule has 0 saturated heterocycles. The number of aromatic nitrogens is 2. The van der Waals surface area contributed by atoms with E-state index in [1.54, 1.807) is 6.33 Å². The molecule has 0 N–H and O–H groups in total. The fourth-order valence-corrected chi connectivity index (χ4v) is 5.45. The lowest BCUT2D eigenvalue weighted by atomic mass is 9.64. The topological polar surface area (TPSA) is 32.3 Å². The lowest BCUT2D eigenvalue weighted by Gasteiger charge is -2.30. The van der Waals surface area contributed by atoms with E-state index in [0.717, 1.165) is 22.7 Å². The van der Waals surface area contributed by atoms with Gasteiger partial charge in [-0.25, -0.2) is 9.97 Å². The number of anilines is 4. The number of para-hydroxylation sites is 2. The first-order chi connectivity index (χ1) is 19.4. The van der Waals surface area contributed by atoms with E-state index in [4.69, 9.17) is 0 Å². The van der Waals surface area contributed by atoms with E-state index in [-0.39, 0.29) is 6.98 Å². The quantitative estimate of drug-likeness (QED) is 0.230. The molecule has 0 fully saturated rings. The Morgan fingerprint density at radius 1 is 0.410 bits per heavy atom. The van der Waals surface area contributed by atoms with Crippen LogP contribution in [0.15, 0.2) is 152 Å². The van der Waals surface area contributed by atoms with Crippen molar-refractivity contribution in [1.29, 1.82) is 0 Å².